The van der Waals surface area contributed by atoms with Crippen LogP contribution < -0.4 is 10.1 Å². The van der Waals surface area contributed by atoms with E-state index >= 15 is 0 Å². The molecule has 0 saturated heterocycles. The fraction of sp³-hybridized carbons (Fsp3) is 0.308. The van der Waals surface area contributed by atoms with E-state index in [9.17, 15) is 4.39 Å². The zero-order valence-electron chi connectivity index (χ0n) is 10.9. The Labute approximate surface area is 129 Å². The van der Waals surface area contributed by atoms with Crippen molar-refractivity contribution in [3.63, 3.8) is 0 Å². The van der Waals surface area contributed by atoms with Crippen LogP contribution in [0.25, 0.3) is 0 Å². The van der Waals surface area contributed by atoms with Gasteiger partial charge in [0.1, 0.15) is 17.8 Å². The molecule has 2 aromatic rings. The molecule has 4 nitrogen and oxygen atoms in total. The predicted molar refractivity (Wildman–Crippen MR) is 77.7 cm³/mol. The molecule has 0 spiro atoms. The van der Waals surface area contributed by atoms with Gasteiger partial charge in [0.15, 0.2) is 0 Å². The molecule has 1 N–H and O–H groups in total. The molecule has 108 valence electrons. The number of oxazole rings is 1. The number of hydrogen-bond acceptors (Lipinski definition) is 4. The van der Waals surface area contributed by atoms with E-state index in [0.29, 0.717) is 22.8 Å². The summed E-state index contributed by atoms with van der Waals surface area (Å²) in [6.07, 6.45) is 1.54. The van der Waals surface area contributed by atoms with Crippen LogP contribution in [0.4, 0.5) is 4.39 Å². The van der Waals surface area contributed by atoms with Crippen molar-refractivity contribution in [2.24, 2.45) is 0 Å². The van der Waals surface area contributed by atoms with Gasteiger partial charge in [-0.2, -0.15) is 4.98 Å². The highest BCUT2D eigenvalue weighted by atomic mass is 79.9. The molecule has 0 atom stereocenters. The van der Waals surface area contributed by atoms with Crippen molar-refractivity contribution >= 4 is 27.5 Å². The Hall–Kier alpha value is -1.11. The van der Waals surface area contributed by atoms with Crippen LogP contribution in [0.5, 0.6) is 11.8 Å². The average molecular weight is 364 g/mol. The van der Waals surface area contributed by atoms with E-state index in [1.165, 1.54) is 18.4 Å². The summed E-state index contributed by atoms with van der Waals surface area (Å²) in [4.78, 5) is 4.14. The molecular formula is C13H13BrClFN2O2. The quantitative estimate of drug-likeness (QED) is 0.793. The van der Waals surface area contributed by atoms with Gasteiger partial charge in [-0.1, -0.05) is 25.4 Å². The van der Waals surface area contributed by atoms with Crippen molar-refractivity contribution in [1.82, 2.24) is 10.3 Å². The SMILES string of the molecule is CC(C)NCc1coc(Oc2cc(F)c(Cl)cc2Br)n1. The summed E-state index contributed by atoms with van der Waals surface area (Å²) < 4.78 is 24.5. The molecule has 0 saturated carbocycles. The summed E-state index contributed by atoms with van der Waals surface area (Å²) >= 11 is 8.89. The van der Waals surface area contributed by atoms with Crippen molar-refractivity contribution in [2.75, 3.05) is 0 Å². The molecule has 0 unspecified atom stereocenters. The third-order valence-corrected chi connectivity index (χ3v) is 3.30. The molecule has 0 amide bonds. The highest BCUT2D eigenvalue weighted by Crippen LogP contribution is 2.33. The Kier molecular flexibility index (Phi) is 5.01. The van der Waals surface area contributed by atoms with Crippen LogP contribution in [0.1, 0.15) is 19.5 Å². The second-order valence-corrected chi connectivity index (χ2v) is 5.70. The first-order valence-electron chi connectivity index (χ1n) is 5.96. The minimum atomic E-state index is -0.571. The molecule has 1 heterocycles. The lowest BCUT2D eigenvalue weighted by atomic mass is 10.3. The zero-order valence-corrected chi connectivity index (χ0v) is 13.3. The van der Waals surface area contributed by atoms with Crippen LogP contribution in [-0.4, -0.2) is 11.0 Å². The van der Waals surface area contributed by atoms with Crippen molar-refractivity contribution < 1.29 is 13.5 Å². The predicted octanol–water partition coefficient (Wildman–Crippen LogP) is 4.52. The molecule has 20 heavy (non-hydrogen) atoms. The fourth-order valence-corrected chi connectivity index (χ4v) is 2.12. The van der Waals surface area contributed by atoms with E-state index < -0.39 is 5.82 Å². The Morgan fingerprint density at radius 1 is 1.50 bits per heavy atom. The van der Waals surface area contributed by atoms with Gasteiger partial charge >= 0.3 is 6.08 Å². The van der Waals surface area contributed by atoms with Gasteiger partial charge in [-0.25, -0.2) is 4.39 Å². The van der Waals surface area contributed by atoms with Gasteiger partial charge < -0.3 is 14.5 Å². The summed E-state index contributed by atoms with van der Waals surface area (Å²) in [6, 6.07) is 2.93. The number of hydrogen-bond donors (Lipinski definition) is 1. The molecule has 1 aromatic heterocycles. The van der Waals surface area contributed by atoms with Gasteiger partial charge in [-0.3, -0.25) is 0 Å². The first kappa shape index (κ1) is 15.3. The molecule has 0 aliphatic rings. The van der Waals surface area contributed by atoms with E-state index in [4.69, 9.17) is 20.8 Å². The first-order valence-corrected chi connectivity index (χ1v) is 7.13. The van der Waals surface area contributed by atoms with Crippen LogP contribution in [0, 0.1) is 5.82 Å². The number of nitrogens with zero attached hydrogens (tertiary/aromatic N) is 1. The van der Waals surface area contributed by atoms with Crippen molar-refractivity contribution in [1.29, 1.82) is 0 Å². The number of rotatable bonds is 5. The summed E-state index contributed by atoms with van der Waals surface area (Å²) in [6.45, 7) is 4.64. The van der Waals surface area contributed by atoms with Gasteiger partial charge in [0.05, 0.1) is 15.2 Å². The van der Waals surface area contributed by atoms with Crippen LogP contribution in [0.15, 0.2) is 27.3 Å². The molecule has 7 heteroatoms. The van der Waals surface area contributed by atoms with Gasteiger partial charge in [0.25, 0.3) is 0 Å². The van der Waals surface area contributed by atoms with Crippen molar-refractivity contribution in [2.45, 2.75) is 26.4 Å². The minimum absolute atomic E-state index is 0.0125. The topological polar surface area (TPSA) is 47.3 Å². The number of benzene rings is 1. The van der Waals surface area contributed by atoms with Gasteiger partial charge in [0.2, 0.25) is 0 Å². The maximum atomic E-state index is 13.4. The lowest BCUT2D eigenvalue weighted by Gasteiger charge is -2.05. The number of halogens is 3. The van der Waals surface area contributed by atoms with Crippen LogP contribution in [0.3, 0.4) is 0 Å². The second-order valence-electron chi connectivity index (χ2n) is 4.44. The summed E-state index contributed by atoms with van der Waals surface area (Å²) in [5.74, 6) is -0.324. The third kappa shape index (κ3) is 3.94. The van der Waals surface area contributed by atoms with Crippen LogP contribution in [0.2, 0.25) is 5.02 Å². The maximum Gasteiger partial charge on any atom is 0.399 e. The number of ether oxygens (including phenoxy) is 1. The van der Waals surface area contributed by atoms with Gasteiger partial charge in [0, 0.05) is 18.7 Å². The monoisotopic (exact) mass is 362 g/mol. The molecule has 0 aliphatic carbocycles. The van der Waals surface area contributed by atoms with Crippen LogP contribution >= 0.6 is 27.5 Å². The Morgan fingerprint density at radius 3 is 2.95 bits per heavy atom. The van der Waals surface area contributed by atoms with Gasteiger partial charge in [-0.15, -0.1) is 0 Å². The summed E-state index contributed by atoms with van der Waals surface area (Å²) in [7, 11) is 0. The molecule has 1 aromatic carbocycles. The van der Waals surface area contributed by atoms with Crippen molar-refractivity contribution in [3.8, 4) is 11.8 Å². The molecule has 0 bridgehead atoms. The second kappa shape index (κ2) is 6.56. The highest BCUT2D eigenvalue weighted by molar-refractivity contribution is 9.10. The standard InChI is InChI=1S/C13H13BrClFN2O2/c1-7(2)17-5-8-6-19-13(18-8)20-12-4-11(16)10(15)3-9(12)14/h3-4,6-7,17H,5H2,1-2H3. The number of nitrogens with one attached hydrogen (secondary N) is 1. The Morgan fingerprint density at radius 2 is 2.25 bits per heavy atom. The zero-order chi connectivity index (χ0) is 14.7. The first-order chi connectivity index (χ1) is 9.45. The van der Waals surface area contributed by atoms with Crippen molar-refractivity contribution in [3.05, 3.63) is 39.4 Å². The summed E-state index contributed by atoms with van der Waals surface area (Å²) in [5, 5.41) is 3.21. The van der Waals surface area contributed by atoms with E-state index in [2.05, 4.69) is 26.2 Å². The highest BCUT2D eigenvalue weighted by Gasteiger charge is 2.12. The average Bonchev–Trinajstić information content (AvgIpc) is 2.81. The van der Waals surface area contributed by atoms with E-state index in [0.717, 1.165) is 0 Å². The third-order valence-electron chi connectivity index (χ3n) is 2.39. The largest absolute Gasteiger partial charge is 0.417 e. The Bertz CT molecular complexity index is 604. The smallest absolute Gasteiger partial charge is 0.399 e. The van der Waals surface area contributed by atoms with E-state index in [-0.39, 0.29) is 16.8 Å². The lowest BCUT2D eigenvalue weighted by Crippen LogP contribution is -2.21. The maximum absolute atomic E-state index is 13.4. The molecule has 0 aliphatic heterocycles. The van der Waals surface area contributed by atoms with Crippen LogP contribution in [-0.2, 0) is 6.54 Å². The molecule has 0 fully saturated rings. The summed E-state index contributed by atoms with van der Waals surface area (Å²) in [5.41, 5.74) is 0.708. The Balaban J connectivity index is 2.09. The molecule has 0 radical (unpaired) electrons. The number of aromatic nitrogens is 1. The van der Waals surface area contributed by atoms with Gasteiger partial charge in [-0.05, 0) is 22.0 Å². The van der Waals surface area contributed by atoms with E-state index in [1.807, 2.05) is 13.8 Å². The molecule has 2 rings (SSSR count). The molecular weight excluding hydrogens is 351 g/mol. The fourth-order valence-electron chi connectivity index (χ4n) is 1.40. The minimum Gasteiger partial charge on any atom is -0.417 e. The normalized spacial score (nSPS) is 11.1. The lowest BCUT2D eigenvalue weighted by molar-refractivity contribution is 0.328. The van der Waals surface area contributed by atoms with E-state index in [1.54, 1.807) is 0 Å².